The van der Waals surface area contributed by atoms with Crippen molar-refractivity contribution in [3.8, 4) is 0 Å². The molecule has 0 aromatic rings. The van der Waals surface area contributed by atoms with Crippen LogP contribution in [0.5, 0.6) is 0 Å². The maximum absolute atomic E-state index is 5.72. The lowest BCUT2D eigenvalue weighted by Gasteiger charge is -2.35. The third-order valence-corrected chi connectivity index (χ3v) is 4.73. The molecular weight excluding hydrogens is 224 g/mol. The lowest BCUT2D eigenvalue weighted by molar-refractivity contribution is 0.0111. The highest BCUT2D eigenvalue weighted by Crippen LogP contribution is 2.28. The fourth-order valence-electron chi connectivity index (χ4n) is 3.61. The van der Waals surface area contributed by atoms with Gasteiger partial charge in [-0.1, -0.05) is 12.8 Å². The van der Waals surface area contributed by atoms with Crippen molar-refractivity contribution in [3.63, 3.8) is 0 Å². The molecular formula is C15H30N2O. The lowest BCUT2D eigenvalue weighted by Crippen LogP contribution is -2.47. The van der Waals surface area contributed by atoms with Gasteiger partial charge in [0, 0.05) is 32.3 Å². The van der Waals surface area contributed by atoms with Crippen molar-refractivity contribution in [2.24, 2.45) is 5.92 Å². The van der Waals surface area contributed by atoms with Crippen LogP contribution in [0.15, 0.2) is 0 Å². The summed E-state index contributed by atoms with van der Waals surface area (Å²) >= 11 is 0. The van der Waals surface area contributed by atoms with Crippen molar-refractivity contribution in [3.05, 3.63) is 0 Å². The number of hydrogen-bond acceptors (Lipinski definition) is 3. The Labute approximate surface area is 112 Å². The van der Waals surface area contributed by atoms with Crippen molar-refractivity contribution in [2.45, 2.75) is 57.6 Å². The number of piperidine rings is 1. The van der Waals surface area contributed by atoms with Gasteiger partial charge < -0.3 is 15.0 Å². The molecule has 3 nitrogen and oxygen atoms in total. The highest BCUT2D eigenvalue weighted by molar-refractivity contribution is 4.84. The summed E-state index contributed by atoms with van der Waals surface area (Å²) in [5.74, 6) is 0.916. The Kier molecular flexibility index (Phi) is 5.93. The minimum Gasteiger partial charge on any atom is -0.378 e. The average molecular weight is 254 g/mol. The summed E-state index contributed by atoms with van der Waals surface area (Å²) in [5, 5.41) is 3.55. The molecule has 1 aliphatic heterocycles. The van der Waals surface area contributed by atoms with E-state index in [9.17, 15) is 0 Å². The Morgan fingerprint density at radius 2 is 1.83 bits per heavy atom. The molecule has 0 radical (unpaired) electrons. The molecule has 1 unspecified atom stereocenters. The SMILES string of the molecule is CCOC1CCN(CC(NC)C2CCCC2)CC1. The van der Waals surface area contributed by atoms with Crippen molar-refractivity contribution in [2.75, 3.05) is 33.3 Å². The molecule has 0 aromatic carbocycles. The molecule has 0 aromatic heterocycles. The van der Waals surface area contributed by atoms with Gasteiger partial charge in [-0.2, -0.15) is 0 Å². The van der Waals surface area contributed by atoms with Gasteiger partial charge in [0.2, 0.25) is 0 Å². The van der Waals surface area contributed by atoms with E-state index in [1.807, 2.05) is 0 Å². The van der Waals surface area contributed by atoms with E-state index in [0.717, 1.165) is 12.5 Å². The standard InChI is InChI=1S/C15H30N2O/c1-3-18-14-8-10-17(11-9-14)12-15(16-2)13-6-4-5-7-13/h13-16H,3-12H2,1-2H3. The minimum atomic E-state index is 0.519. The van der Waals surface area contributed by atoms with Gasteiger partial charge in [-0.25, -0.2) is 0 Å². The quantitative estimate of drug-likeness (QED) is 0.787. The molecule has 1 heterocycles. The van der Waals surface area contributed by atoms with Crippen molar-refractivity contribution in [1.82, 2.24) is 10.2 Å². The van der Waals surface area contributed by atoms with Gasteiger partial charge >= 0.3 is 0 Å². The van der Waals surface area contributed by atoms with Gasteiger partial charge in [0.05, 0.1) is 6.10 Å². The monoisotopic (exact) mass is 254 g/mol. The summed E-state index contributed by atoms with van der Waals surface area (Å²) in [6.45, 7) is 6.64. The molecule has 0 spiro atoms. The molecule has 106 valence electrons. The molecule has 0 amide bonds. The first kappa shape index (κ1) is 14.3. The zero-order valence-electron chi connectivity index (χ0n) is 12.2. The van der Waals surface area contributed by atoms with Crippen LogP contribution < -0.4 is 5.32 Å². The van der Waals surface area contributed by atoms with Crippen LogP contribution in [0.25, 0.3) is 0 Å². The Morgan fingerprint density at radius 1 is 1.17 bits per heavy atom. The molecule has 1 aliphatic carbocycles. The van der Waals surface area contributed by atoms with E-state index in [4.69, 9.17) is 4.74 Å². The zero-order valence-corrected chi connectivity index (χ0v) is 12.2. The lowest BCUT2D eigenvalue weighted by atomic mass is 9.96. The predicted molar refractivity (Wildman–Crippen MR) is 75.9 cm³/mol. The molecule has 18 heavy (non-hydrogen) atoms. The molecule has 1 saturated carbocycles. The second-order valence-electron chi connectivity index (χ2n) is 5.90. The van der Waals surface area contributed by atoms with E-state index >= 15 is 0 Å². The van der Waals surface area contributed by atoms with Gasteiger partial charge in [0.25, 0.3) is 0 Å². The number of nitrogens with zero attached hydrogens (tertiary/aromatic N) is 1. The second-order valence-corrected chi connectivity index (χ2v) is 5.90. The second kappa shape index (κ2) is 7.46. The van der Waals surface area contributed by atoms with Crippen molar-refractivity contribution in [1.29, 1.82) is 0 Å². The topological polar surface area (TPSA) is 24.5 Å². The zero-order chi connectivity index (χ0) is 12.8. The molecule has 3 heteroatoms. The average Bonchev–Trinajstić information content (AvgIpc) is 2.92. The third kappa shape index (κ3) is 3.94. The maximum Gasteiger partial charge on any atom is 0.0599 e. The molecule has 2 rings (SSSR count). The fraction of sp³-hybridized carbons (Fsp3) is 1.00. The molecule has 1 atom stereocenters. The smallest absolute Gasteiger partial charge is 0.0599 e. The summed E-state index contributed by atoms with van der Waals surface area (Å²) in [6, 6.07) is 0.705. The van der Waals surface area contributed by atoms with E-state index in [1.165, 1.54) is 58.2 Å². The number of rotatable bonds is 6. The number of likely N-dealkylation sites (tertiary alicyclic amines) is 1. The Bertz CT molecular complexity index is 221. The first-order valence-corrected chi connectivity index (χ1v) is 7.84. The minimum absolute atomic E-state index is 0.519. The Balaban J connectivity index is 1.72. The van der Waals surface area contributed by atoms with Crippen molar-refractivity contribution >= 4 is 0 Å². The first-order valence-electron chi connectivity index (χ1n) is 7.84. The van der Waals surface area contributed by atoms with Crippen LogP contribution >= 0.6 is 0 Å². The number of hydrogen-bond donors (Lipinski definition) is 1. The van der Waals surface area contributed by atoms with Crippen LogP contribution in [0.4, 0.5) is 0 Å². The van der Waals surface area contributed by atoms with Gasteiger partial charge in [0.15, 0.2) is 0 Å². The van der Waals surface area contributed by atoms with Gasteiger partial charge in [-0.15, -0.1) is 0 Å². The Hall–Kier alpha value is -0.120. The molecule has 1 saturated heterocycles. The van der Waals surface area contributed by atoms with E-state index in [0.29, 0.717) is 12.1 Å². The summed E-state index contributed by atoms with van der Waals surface area (Å²) in [7, 11) is 2.13. The van der Waals surface area contributed by atoms with E-state index < -0.39 is 0 Å². The van der Waals surface area contributed by atoms with Crippen LogP contribution in [0.1, 0.15) is 45.4 Å². The molecule has 1 N–H and O–H groups in total. The van der Waals surface area contributed by atoms with Crippen LogP contribution in [-0.2, 0) is 4.74 Å². The van der Waals surface area contributed by atoms with E-state index in [1.54, 1.807) is 0 Å². The highest BCUT2D eigenvalue weighted by atomic mass is 16.5. The summed E-state index contributed by atoms with van der Waals surface area (Å²) in [4.78, 5) is 2.63. The van der Waals surface area contributed by atoms with Crippen LogP contribution in [0.2, 0.25) is 0 Å². The molecule has 0 bridgehead atoms. The van der Waals surface area contributed by atoms with Crippen LogP contribution in [0, 0.1) is 5.92 Å². The van der Waals surface area contributed by atoms with Gasteiger partial charge in [-0.05, 0) is 45.6 Å². The van der Waals surface area contributed by atoms with Gasteiger partial charge in [0.1, 0.15) is 0 Å². The van der Waals surface area contributed by atoms with Crippen molar-refractivity contribution < 1.29 is 4.74 Å². The normalized spacial score (nSPS) is 25.7. The predicted octanol–water partition coefficient (Wildman–Crippen LogP) is 2.27. The fourth-order valence-corrected chi connectivity index (χ4v) is 3.61. The van der Waals surface area contributed by atoms with E-state index in [2.05, 4.69) is 24.2 Å². The highest BCUT2D eigenvalue weighted by Gasteiger charge is 2.27. The van der Waals surface area contributed by atoms with Crippen LogP contribution in [-0.4, -0.2) is 50.3 Å². The number of likely N-dealkylation sites (N-methyl/N-ethyl adjacent to an activating group) is 1. The van der Waals surface area contributed by atoms with Crippen LogP contribution in [0.3, 0.4) is 0 Å². The summed E-state index contributed by atoms with van der Waals surface area (Å²) in [5.41, 5.74) is 0. The number of nitrogens with one attached hydrogen (secondary N) is 1. The Morgan fingerprint density at radius 3 is 2.39 bits per heavy atom. The number of ether oxygens (including phenoxy) is 1. The van der Waals surface area contributed by atoms with E-state index in [-0.39, 0.29) is 0 Å². The summed E-state index contributed by atoms with van der Waals surface area (Å²) in [6.07, 6.45) is 8.70. The first-order chi connectivity index (χ1) is 8.83. The molecule has 2 aliphatic rings. The maximum atomic E-state index is 5.72. The molecule has 2 fully saturated rings. The summed E-state index contributed by atoms with van der Waals surface area (Å²) < 4.78 is 5.72. The third-order valence-electron chi connectivity index (χ3n) is 4.73. The van der Waals surface area contributed by atoms with Gasteiger partial charge in [-0.3, -0.25) is 0 Å². The largest absolute Gasteiger partial charge is 0.378 e.